The number of hydrogen-bond acceptors (Lipinski definition) is 5. The highest BCUT2D eigenvalue weighted by Gasteiger charge is 2.26. The molecule has 2 fully saturated rings. The van der Waals surface area contributed by atoms with E-state index in [4.69, 9.17) is 9.47 Å². The van der Waals surface area contributed by atoms with E-state index in [0.717, 1.165) is 17.9 Å². The third-order valence-corrected chi connectivity index (χ3v) is 5.46. The largest absolute Gasteiger partial charge is 0.491 e. The molecule has 0 aromatic rings. The lowest BCUT2D eigenvalue weighted by molar-refractivity contribution is -0.125. The standard InChI is InChI=1S/C22H33N3O3/c1-17(2)21(22(26)23-24-12-14-27-15-13-24)25-11-7-10-20(18(25)3)28-16-19-8-5-4-6-9-19/h7,10-11,19H,3-6,8-9,12-16H2,1-2H3,(H,23,26). The molecule has 1 saturated carbocycles. The van der Waals surface area contributed by atoms with Gasteiger partial charge >= 0.3 is 0 Å². The molecule has 2 heterocycles. The molecule has 154 valence electrons. The number of morpholine rings is 1. The van der Waals surface area contributed by atoms with Crippen LogP contribution in [0.25, 0.3) is 0 Å². The van der Waals surface area contributed by atoms with Gasteiger partial charge in [0, 0.05) is 19.3 Å². The number of nitrogens with one attached hydrogen (secondary N) is 1. The molecule has 0 bridgehead atoms. The van der Waals surface area contributed by atoms with Crippen molar-refractivity contribution >= 4 is 5.91 Å². The van der Waals surface area contributed by atoms with E-state index in [-0.39, 0.29) is 5.91 Å². The number of rotatable bonds is 6. The summed E-state index contributed by atoms with van der Waals surface area (Å²) in [7, 11) is 0. The molecule has 0 spiro atoms. The van der Waals surface area contributed by atoms with E-state index in [1.54, 1.807) is 0 Å². The molecule has 0 unspecified atom stereocenters. The highest BCUT2D eigenvalue weighted by Crippen LogP contribution is 2.29. The summed E-state index contributed by atoms with van der Waals surface area (Å²) in [6.45, 7) is 11.4. The van der Waals surface area contributed by atoms with E-state index in [1.807, 2.05) is 42.1 Å². The maximum Gasteiger partial charge on any atom is 0.282 e. The van der Waals surface area contributed by atoms with Crippen LogP contribution in [0, 0.1) is 5.92 Å². The molecule has 1 amide bonds. The first kappa shape index (κ1) is 20.7. The topological polar surface area (TPSA) is 54.0 Å². The number of ether oxygens (including phenoxy) is 2. The van der Waals surface area contributed by atoms with E-state index in [1.165, 1.54) is 32.1 Å². The SMILES string of the molecule is C=C1C(OCC2CCCCC2)=CC=CN1C(C(=O)NN1CCOCC1)=C(C)C. The summed E-state index contributed by atoms with van der Waals surface area (Å²) in [6, 6.07) is 0. The first-order valence-electron chi connectivity index (χ1n) is 10.4. The third kappa shape index (κ3) is 5.26. The van der Waals surface area contributed by atoms with Crippen LogP contribution in [0.15, 0.2) is 47.7 Å². The van der Waals surface area contributed by atoms with E-state index >= 15 is 0 Å². The Morgan fingerprint density at radius 2 is 1.96 bits per heavy atom. The van der Waals surface area contributed by atoms with Crippen molar-refractivity contribution in [3.8, 4) is 0 Å². The van der Waals surface area contributed by atoms with Crippen LogP contribution in [0.3, 0.4) is 0 Å². The Morgan fingerprint density at radius 1 is 1.25 bits per heavy atom. The molecule has 1 saturated heterocycles. The smallest absolute Gasteiger partial charge is 0.282 e. The number of nitrogens with zero attached hydrogens (tertiary/aromatic N) is 2. The normalized spacial score (nSPS) is 21.3. The highest BCUT2D eigenvalue weighted by molar-refractivity contribution is 5.93. The first-order valence-corrected chi connectivity index (χ1v) is 10.4. The maximum atomic E-state index is 13.0. The van der Waals surface area contributed by atoms with Gasteiger partial charge in [-0.25, -0.2) is 5.01 Å². The molecular weight excluding hydrogens is 354 g/mol. The van der Waals surface area contributed by atoms with Crippen LogP contribution in [0.2, 0.25) is 0 Å². The summed E-state index contributed by atoms with van der Waals surface area (Å²) in [6.07, 6.45) is 12.1. The van der Waals surface area contributed by atoms with Crippen LogP contribution in [-0.4, -0.2) is 48.7 Å². The Balaban J connectivity index is 1.63. The summed E-state index contributed by atoms with van der Waals surface area (Å²) in [4.78, 5) is 14.8. The molecule has 2 aliphatic heterocycles. The second-order valence-corrected chi connectivity index (χ2v) is 7.89. The van der Waals surface area contributed by atoms with Crippen molar-refractivity contribution in [3.63, 3.8) is 0 Å². The average Bonchev–Trinajstić information content (AvgIpc) is 2.70. The lowest BCUT2D eigenvalue weighted by atomic mass is 9.90. The Kier molecular flexibility index (Phi) is 7.34. The summed E-state index contributed by atoms with van der Waals surface area (Å²) < 4.78 is 11.5. The Labute approximate surface area is 168 Å². The molecule has 6 heteroatoms. The zero-order valence-electron chi connectivity index (χ0n) is 17.2. The zero-order chi connectivity index (χ0) is 19.9. The van der Waals surface area contributed by atoms with Gasteiger partial charge in [-0.05, 0) is 50.3 Å². The fourth-order valence-corrected chi connectivity index (χ4v) is 3.87. The molecule has 0 atom stereocenters. The van der Waals surface area contributed by atoms with E-state index in [9.17, 15) is 4.79 Å². The van der Waals surface area contributed by atoms with Crippen LogP contribution < -0.4 is 5.43 Å². The number of carbonyl (C=O) groups is 1. The van der Waals surface area contributed by atoms with Crippen LogP contribution in [0.1, 0.15) is 46.0 Å². The lowest BCUT2D eigenvalue weighted by Gasteiger charge is -2.33. The molecule has 28 heavy (non-hydrogen) atoms. The molecule has 0 aromatic carbocycles. The average molecular weight is 388 g/mol. The fraction of sp³-hybridized carbons (Fsp3) is 0.591. The van der Waals surface area contributed by atoms with Gasteiger partial charge in [-0.15, -0.1) is 0 Å². The summed E-state index contributed by atoms with van der Waals surface area (Å²) in [5.41, 5.74) is 5.20. The monoisotopic (exact) mass is 387 g/mol. The van der Waals surface area contributed by atoms with Crippen molar-refractivity contribution in [3.05, 3.63) is 47.7 Å². The van der Waals surface area contributed by atoms with Crippen molar-refractivity contribution in [1.82, 2.24) is 15.3 Å². The van der Waals surface area contributed by atoms with Gasteiger partial charge in [-0.2, -0.15) is 0 Å². The van der Waals surface area contributed by atoms with Crippen molar-refractivity contribution in [2.24, 2.45) is 5.92 Å². The Hall–Kier alpha value is -2.05. The Morgan fingerprint density at radius 3 is 2.64 bits per heavy atom. The van der Waals surface area contributed by atoms with Gasteiger partial charge in [0.1, 0.15) is 11.5 Å². The van der Waals surface area contributed by atoms with Gasteiger partial charge in [0.25, 0.3) is 5.91 Å². The van der Waals surface area contributed by atoms with Crippen molar-refractivity contribution < 1.29 is 14.3 Å². The lowest BCUT2D eigenvalue weighted by Crippen LogP contribution is -2.50. The van der Waals surface area contributed by atoms with E-state index < -0.39 is 0 Å². The zero-order valence-corrected chi connectivity index (χ0v) is 17.2. The predicted octanol–water partition coefficient (Wildman–Crippen LogP) is 3.47. The highest BCUT2D eigenvalue weighted by atomic mass is 16.5. The number of carbonyl (C=O) groups excluding carboxylic acids is 1. The maximum absolute atomic E-state index is 13.0. The Bertz CT molecular complexity index is 665. The van der Waals surface area contributed by atoms with Crippen molar-refractivity contribution in [2.75, 3.05) is 32.9 Å². The molecule has 1 N–H and O–H groups in total. The molecular formula is C22H33N3O3. The first-order chi connectivity index (χ1) is 13.6. The van der Waals surface area contributed by atoms with Gasteiger partial charge in [-0.3, -0.25) is 10.2 Å². The van der Waals surface area contributed by atoms with Gasteiger partial charge in [0.05, 0.1) is 25.5 Å². The van der Waals surface area contributed by atoms with Crippen LogP contribution >= 0.6 is 0 Å². The molecule has 3 rings (SSSR count). The van der Waals surface area contributed by atoms with Crippen molar-refractivity contribution in [1.29, 1.82) is 0 Å². The molecule has 0 aromatic heterocycles. The third-order valence-electron chi connectivity index (χ3n) is 5.46. The summed E-state index contributed by atoms with van der Waals surface area (Å²) in [5, 5.41) is 1.90. The van der Waals surface area contributed by atoms with Crippen LogP contribution in [0.5, 0.6) is 0 Å². The van der Waals surface area contributed by atoms with E-state index in [0.29, 0.717) is 43.6 Å². The fourth-order valence-electron chi connectivity index (χ4n) is 3.87. The number of allylic oxidation sites excluding steroid dienone is 3. The quantitative estimate of drug-likeness (QED) is 0.708. The minimum absolute atomic E-state index is 0.138. The number of hydrogen-bond donors (Lipinski definition) is 1. The summed E-state index contributed by atoms with van der Waals surface area (Å²) in [5.74, 6) is 1.22. The van der Waals surface area contributed by atoms with Gasteiger partial charge < -0.3 is 14.4 Å². The van der Waals surface area contributed by atoms with Crippen LogP contribution in [-0.2, 0) is 14.3 Å². The second kappa shape index (κ2) is 9.94. The summed E-state index contributed by atoms with van der Waals surface area (Å²) >= 11 is 0. The molecule has 6 nitrogen and oxygen atoms in total. The number of hydrazine groups is 1. The van der Waals surface area contributed by atoms with Gasteiger partial charge in [0.15, 0.2) is 0 Å². The predicted molar refractivity (Wildman–Crippen MR) is 110 cm³/mol. The second-order valence-electron chi connectivity index (χ2n) is 7.89. The van der Waals surface area contributed by atoms with E-state index in [2.05, 4.69) is 12.0 Å². The minimum Gasteiger partial charge on any atom is -0.491 e. The van der Waals surface area contributed by atoms with Gasteiger partial charge in [0.2, 0.25) is 0 Å². The molecule has 1 aliphatic carbocycles. The van der Waals surface area contributed by atoms with Crippen LogP contribution in [0.4, 0.5) is 0 Å². The molecule has 0 radical (unpaired) electrons. The molecule has 3 aliphatic rings. The van der Waals surface area contributed by atoms with Crippen molar-refractivity contribution in [2.45, 2.75) is 46.0 Å². The minimum atomic E-state index is -0.138. The van der Waals surface area contributed by atoms with Gasteiger partial charge in [-0.1, -0.05) is 25.8 Å². The number of amides is 1.